The van der Waals surface area contributed by atoms with Crippen molar-refractivity contribution in [3.63, 3.8) is 0 Å². The van der Waals surface area contributed by atoms with Crippen LogP contribution in [0.2, 0.25) is 0 Å². The average molecular weight is 277 g/mol. The molecule has 1 aliphatic heterocycles. The Morgan fingerprint density at radius 2 is 2.30 bits per heavy atom. The summed E-state index contributed by atoms with van der Waals surface area (Å²) in [6.45, 7) is 8.60. The Kier molecular flexibility index (Phi) is 5.80. The number of nitrogens with zero attached hydrogens (tertiary/aromatic N) is 2. The molecule has 1 aromatic rings. The van der Waals surface area contributed by atoms with E-state index in [1.165, 1.54) is 5.56 Å². The quantitative estimate of drug-likeness (QED) is 0.835. The minimum absolute atomic E-state index is 0.285. The molecule has 4 nitrogen and oxygen atoms in total. The van der Waals surface area contributed by atoms with Crippen molar-refractivity contribution in [1.29, 1.82) is 0 Å². The zero-order chi connectivity index (χ0) is 14.4. The highest BCUT2D eigenvalue weighted by Gasteiger charge is 2.19. The van der Waals surface area contributed by atoms with E-state index >= 15 is 0 Å². The van der Waals surface area contributed by atoms with Gasteiger partial charge in [0, 0.05) is 32.4 Å². The van der Waals surface area contributed by atoms with Crippen molar-refractivity contribution in [3.8, 4) is 0 Å². The van der Waals surface area contributed by atoms with Crippen LogP contribution in [0.25, 0.3) is 0 Å². The molecule has 0 aromatic carbocycles. The minimum Gasteiger partial charge on any atom is -0.396 e. The van der Waals surface area contributed by atoms with Gasteiger partial charge < -0.3 is 15.3 Å². The van der Waals surface area contributed by atoms with Crippen LogP contribution in [0.4, 0.5) is 5.82 Å². The lowest BCUT2D eigenvalue weighted by Crippen LogP contribution is -2.37. The van der Waals surface area contributed by atoms with Gasteiger partial charge in [0.15, 0.2) is 0 Å². The van der Waals surface area contributed by atoms with Crippen LogP contribution >= 0.6 is 0 Å². The van der Waals surface area contributed by atoms with Crippen molar-refractivity contribution in [1.82, 2.24) is 10.3 Å². The maximum Gasteiger partial charge on any atom is 0.128 e. The molecule has 1 atom stereocenters. The standard InChI is InChI=1S/C16H27N3O/c1-13(2)8-17-9-14-5-6-16(18-10-14)19-7-3-4-15(11-19)12-20/h5-6,10,13,15,17,20H,3-4,7-9,11-12H2,1-2H3. The summed E-state index contributed by atoms with van der Waals surface area (Å²) in [5.41, 5.74) is 1.23. The summed E-state index contributed by atoms with van der Waals surface area (Å²) in [4.78, 5) is 6.86. The Morgan fingerprint density at radius 1 is 1.45 bits per heavy atom. The second-order valence-electron chi connectivity index (χ2n) is 6.19. The topological polar surface area (TPSA) is 48.4 Å². The molecule has 1 aromatic heterocycles. The number of aliphatic hydroxyl groups is 1. The predicted molar refractivity (Wildman–Crippen MR) is 82.8 cm³/mol. The van der Waals surface area contributed by atoms with Crippen molar-refractivity contribution in [2.45, 2.75) is 33.2 Å². The number of aliphatic hydroxyl groups excluding tert-OH is 1. The Morgan fingerprint density at radius 3 is 2.95 bits per heavy atom. The Bertz CT molecular complexity index is 391. The minimum atomic E-state index is 0.285. The normalized spacial score (nSPS) is 19.6. The number of piperidine rings is 1. The monoisotopic (exact) mass is 277 g/mol. The van der Waals surface area contributed by atoms with Gasteiger partial charge in [0.25, 0.3) is 0 Å². The Balaban J connectivity index is 1.87. The largest absolute Gasteiger partial charge is 0.396 e. The lowest BCUT2D eigenvalue weighted by molar-refractivity contribution is 0.208. The van der Waals surface area contributed by atoms with E-state index in [-0.39, 0.29) is 6.61 Å². The van der Waals surface area contributed by atoms with E-state index in [9.17, 15) is 5.11 Å². The Labute approximate surface area is 122 Å². The van der Waals surface area contributed by atoms with Crippen LogP contribution in [0.15, 0.2) is 18.3 Å². The van der Waals surface area contributed by atoms with Crippen molar-refractivity contribution in [2.24, 2.45) is 11.8 Å². The number of hydrogen-bond donors (Lipinski definition) is 2. The van der Waals surface area contributed by atoms with Crippen LogP contribution in [0.3, 0.4) is 0 Å². The fourth-order valence-electron chi connectivity index (χ4n) is 2.64. The first-order valence-corrected chi connectivity index (χ1v) is 7.70. The summed E-state index contributed by atoms with van der Waals surface area (Å²) in [7, 11) is 0. The summed E-state index contributed by atoms with van der Waals surface area (Å²) in [5.74, 6) is 2.11. The molecule has 1 saturated heterocycles. The van der Waals surface area contributed by atoms with Crippen LogP contribution in [-0.2, 0) is 6.54 Å². The van der Waals surface area contributed by atoms with Crippen LogP contribution in [0.5, 0.6) is 0 Å². The van der Waals surface area contributed by atoms with Gasteiger partial charge in [0.05, 0.1) is 0 Å². The molecule has 2 heterocycles. The number of nitrogens with one attached hydrogen (secondary N) is 1. The van der Waals surface area contributed by atoms with Crippen molar-refractivity contribution in [2.75, 3.05) is 31.1 Å². The summed E-state index contributed by atoms with van der Waals surface area (Å²) in [6.07, 6.45) is 4.24. The molecule has 0 aliphatic carbocycles. The molecule has 4 heteroatoms. The van der Waals surface area contributed by atoms with Gasteiger partial charge in [0.2, 0.25) is 0 Å². The number of rotatable bonds is 6. The van der Waals surface area contributed by atoms with Crippen molar-refractivity contribution in [3.05, 3.63) is 23.9 Å². The maximum absolute atomic E-state index is 9.29. The van der Waals surface area contributed by atoms with Crippen LogP contribution < -0.4 is 10.2 Å². The summed E-state index contributed by atoms with van der Waals surface area (Å²) in [5, 5.41) is 12.7. The first-order valence-electron chi connectivity index (χ1n) is 7.70. The highest BCUT2D eigenvalue weighted by Crippen LogP contribution is 2.21. The Hall–Kier alpha value is -1.13. The van der Waals surface area contributed by atoms with E-state index < -0.39 is 0 Å². The third-order valence-electron chi connectivity index (χ3n) is 3.79. The first kappa shape index (κ1) is 15.3. The van der Waals surface area contributed by atoms with Gasteiger partial charge >= 0.3 is 0 Å². The predicted octanol–water partition coefficient (Wildman–Crippen LogP) is 2.04. The third-order valence-corrected chi connectivity index (χ3v) is 3.79. The van der Waals surface area contributed by atoms with Crippen molar-refractivity contribution < 1.29 is 5.11 Å². The molecular formula is C16H27N3O. The van der Waals surface area contributed by atoms with Gasteiger partial charge in [-0.1, -0.05) is 19.9 Å². The van der Waals surface area contributed by atoms with Crippen LogP contribution in [0.1, 0.15) is 32.3 Å². The molecule has 1 fully saturated rings. The van der Waals surface area contributed by atoms with E-state index in [0.29, 0.717) is 11.8 Å². The molecular weight excluding hydrogens is 250 g/mol. The zero-order valence-corrected chi connectivity index (χ0v) is 12.7. The molecule has 0 bridgehead atoms. The molecule has 0 radical (unpaired) electrons. The van der Waals surface area contributed by atoms with Crippen LogP contribution in [0, 0.1) is 11.8 Å². The number of pyridine rings is 1. The molecule has 112 valence electrons. The van der Waals surface area contributed by atoms with E-state index in [1.807, 2.05) is 6.20 Å². The first-order chi connectivity index (χ1) is 9.69. The molecule has 2 N–H and O–H groups in total. The van der Waals surface area contributed by atoms with Gasteiger partial charge in [0.1, 0.15) is 5.82 Å². The fraction of sp³-hybridized carbons (Fsp3) is 0.688. The van der Waals surface area contributed by atoms with Gasteiger partial charge in [-0.25, -0.2) is 4.98 Å². The van der Waals surface area contributed by atoms with Gasteiger partial charge in [-0.3, -0.25) is 0 Å². The third kappa shape index (κ3) is 4.46. The van der Waals surface area contributed by atoms with Gasteiger partial charge in [-0.05, 0) is 42.9 Å². The molecule has 1 aliphatic rings. The highest BCUT2D eigenvalue weighted by atomic mass is 16.3. The van der Waals surface area contributed by atoms with E-state index in [2.05, 4.69) is 41.2 Å². The van der Waals surface area contributed by atoms with Crippen LogP contribution in [-0.4, -0.2) is 36.3 Å². The number of anilines is 1. The average Bonchev–Trinajstić information content (AvgIpc) is 2.48. The van der Waals surface area contributed by atoms with Gasteiger partial charge in [-0.15, -0.1) is 0 Å². The number of hydrogen-bond acceptors (Lipinski definition) is 4. The molecule has 0 spiro atoms. The molecule has 2 rings (SSSR count). The SMILES string of the molecule is CC(C)CNCc1ccc(N2CCCC(CO)C2)nc1. The van der Waals surface area contributed by atoms with E-state index in [4.69, 9.17) is 0 Å². The smallest absolute Gasteiger partial charge is 0.128 e. The second kappa shape index (κ2) is 7.60. The number of aromatic nitrogens is 1. The summed E-state index contributed by atoms with van der Waals surface area (Å²) >= 11 is 0. The lowest BCUT2D eigenvalue weighted by atomic mass is 9.99. The van der Waals surface area contributed by atoms with Gasteiger partial charge in [-0.2, -0.15) is 0 Å². The molecule has 0 saturated carbocycles. The summed E-state index contributed by atoms with van der Waals surface area (Å²) < 4.78 is 0. The highest BCUT2D eigenvalue weighted by molar-refractivity contribution is 5.39. The molecule has 1 unspecified atom stereocenters. The second-order valence-corrected chi connectivity index (χ2v) is 6.19. The molecule has 0 amide bonds. The van der Waals surface area contributed by atoms with E-state index in [0.717, 1.165) is 44.8 Å². The lowest BCUT2D eigenvalue weighted by Gasteiger charge is -2.32. The van der Waals surface area contributed by atoms with Crippen molar-refractivity contribution >= 4 is 5.82 Å². The van der Waals surface area contributed by atoms with E-state index in [1.54, 1.807) is 0 Å². The molecule has 20 heavy (non-hydrogen) atoms. The zero-order valence-electron chi connectivity index (χ0n) is 12.7. The summed E-state index contributed by atoms with van der Waals surface area (Å²) in [6, 6.07) is 4.25. The maximum atomic E-state index is 9.29. The fourth-order valence-corrected chi connectivity index (χ4v) is 2.64.